The molecule has 2 aliphatic rings. The van der Waals surface area contributed by atoms with Crippen LogP contribution >= 0.6 is 0 Å². The van der Waals surface area contributed by atoms with Crippen LogP contribution in [0.4, 0.5) is 0 Å². The summed E-state index contributed by atoms with van der Waals surface area (Å²) in [5, 5.41) is 10.8. The molecule has 1 spiro atoms. The van der Waals surface area contributed by atoms with E-state index in [1.165, 1.54) is 17.5 Å². The largest absolute Gasteiger partial charge is 0.375 e. The number of ether oxygens (including phenoxy) is 1. The van der Waals surface area contributed by atoms with E-state index in [2.05, 4.69) is 45.0 Å². The van der Waals surface area contributed by atoms with Gasteiger partial charge in [0, 0.05) is 25.0 Å². The maximum atomic E-state index is 12.7. The lowest BCUT2D eigenvalue weighted by Crippen LogP contribution is -2.49. The number of fused-ring (bicyclic) bond motifs is 2. The summed E-state index contributed by atoms with van der Waals surface area (Å²) < 4.78 is 8.05. The van der Waals surface area contributed by atoms with Crippen molar-refractivity contribution >= 4 is 5.91 Å². The van der Waals surface area contributed by atoms with Gasteiger partial charge < -0.3 is 15.4 Å². The summed E-state index contributed by atoms with van der Waals surface area (Å²) in [5.41, 5.74) is 2.55. The lowest BCUT2D eigenvalue weighted by Gasteiger charge is -2.41. The van der Waals surface area contributed by atoms with Crippen LogP contribution in [0.15, 0.2) is 36.9 Å². The van der Waals surface area contributed by atoms with Gasteiger partial charge in [0.25, 0.3) is 0 Å². The Morgan fingerprint density at radius 2 is 2.18 bits per heavy atom. The number of hydrogen-bond donors (Lipinski definition) is 2. The molecule has 1 fully saturated rings. The molecule has 1 amide bonds. The number of piperidine rings is 1. The molecule has 2 atom stereocenters. The fourth-order valence-electron chi connectivity index (χ4n) is 4.87. The monoisotopic (exact) mass is 383 g/mol. The van der Waals surface area contributed by atoms with Gasteiger partial charge in [0.2, 0.25) is 5.91 Å². The third-order valence-corrected chi connectivity index (χ3v) is 6.10. The molecule has 150 valence electrons. The molecule has 1 aliphatic heterocycles. The van der Waals surface area contributed by atoms with Crippen molar-refractivity contribution in [1.82, 2.24) is 25.4 Å². The molecule has 4 rings (SSSR count). The molecule has 1 aromatic carbocycles. The van der Waals surface area contributed by atoms with Gasteiger partial charge in [-0.15, -0.1) is 0 Å². The first-order chi connectivity index (χ1) is 13.7. The minimum atomic E-state index is -0.0897. The van der Waals surface area contributed by atoms with E-state index in [0.717, 1.165) is 32.4 Å². The van der Waals surface area contributed by atoms with E-state index in [-0.39, 0.29) is 23.5 Å². The van der Waals surface area contributed by atoms with Crippen LogP contribution in [0.2, 0.25) is 0 Å². The van der Waals surface area contributed by atoms with Gasteiger partial charge in [-0.1, -0.05) is 24.3 Å². The molecule has 0 saturated carbocycles. The van der Waals surface area contributed by atoms with Crippen molar-refractivity contribution in [2.75, 3.05) is 19.7 Å². The highest BCUT2D eigenvalue weighted by Gasteiger charge is 2.53. The normalized spacial score (nSPS) is 22.9. The number of hydrogen-bond acceptors (Lipinski definition) is 5. The number of aryl methyl sites for hydroxylation is 1. The van der Waals surface area contributed by atoms with Crippen LogP contribution in [0.1, 0.15) is 49.8 Å². The zero-order chi connectivity index (χ0) is 19.4. The molecule has 7 heteroatoms. The van der Waals surface area contributed by atoms with Crippen molar-refractivity contribution in [3.8, 4) is 0 Å². The van der Waals surface area contributed by atoms with Crippen LogP contribution in [0.5, 0.6) is 0 Å². The van der Waals surface area contributed by atoms with Crippen molar-refractivity contribution in [2.24, 2.45) is 0 Å². The van der Waals surface area contributed by atoms with Gasteiger partial charge in [0.1, 0.15) is 12.7 Å². The number of amides is 1. The van der Waals surface area contributed by atoms with Crippen molar-refractivity contribution in [3.63, 3.8) is 0 Å². The smallest absolute Gasteiger partial charge is 0.220 e. The van der Waals surface area contributed by atoms with E-state index in [1.807, 2.05) is 6.92 Å². The Morgan fingerprint density at radius 3 is 2.93 bits per heavy atom. The first-order valence-electron chi connectivity index (χ1n) is 10.3. The zero-order valence-corrected chi connectivity index (χ0v) is 16.4. The van der Waals surface area contributed by atoms with Crippen LogP contribution in [0.25, 0.3) is 0 Å². The number of carbonyl (C=O) groups excluding carboxylic acids is 1. The summed E-state index contributed by atoms with van der Waals surface area (Å²) >= 11 is 0. The number of rotatable bonds is 7. The predicted molar refractivity (Wildman–Crippen MR) is 106 cm³/mol. The van der Waals surface area contributed by atoms with Gasteiger partial charge in [0.05, 0.1) is 12.1 Å². The van der Waals surface area contributed by atoms with Crippen LogP contribution in [0.3, 0.4) is 0 Å². The molecule has 2 heterocycles. The van der Waals surface area contributed by atoms with Crippen LogP contribution in [0, 0.1) is 0 Å². The average molecular weight is 383 g/mol. The highest BCUT2D eigenvalue weighted by Crippen LogP contribution is 2.51. The summed E-state index contributed by atoms with van der Waals surface area (Å²) in [6, 6.07) is 8.45. The molecule has 1 aliphatic carbocycles. The standard InChI is InChI=1S/C21H29N5O2/c1-2-28-20-19(25-18(27)8-5-13-26-15-23-14-24-26)16-6-3-4-7-17(16)21(20)9-11-22-12-10-21/h3-4,6-7,14-15,19-20,22H,2,5,8-13H2,1H3,(H,25,27)/t19-,20+/m0/s1. The van der Waals surface area contributed by atoms with E-state index < -0.39 is 0 Å². The molecule has 1 aromatic heterocycles. The zero-order valence-electron chi connectivity index (χ0n) is 16.4. The van der Waals surface area contributed by atoms with E-state index in [9.17, 15) is 4.79 Å². The molecular formula is C21H29N5O2. The van der Waals surface area contributed by atoms with Crippen LogP contribution in [-0.4, -0.2) is 46.5 Å². The first-order valence-corrected chi connectivity index (χ1v) is 10.3. The Hall–Kier alpha value is -2.25. The summed E-state index contributed by atoms with van der Waals surface area (Å²) in [4.78, 5) is 16.7. The van der Waals surface area contributed by atoms with Crippen LogP contribution in [-0.2, 0) is 21.5 Å². The molecule has 0 radical (unpaired) electrons. The average Bonchev–Trinajstić information content (AvgIpc) is 3.31. The number of benzene rings is 1. The highest BCUT2D eigenvalue weighted by atomic mass is 16.5. The number of aromatic nitrogens is 3. The molecule has 2 N–H and O–H groups in total. The van der Waals surface area contributed by atoms with Gasteiger partial charge in [-0.25, -0.2) is 4.98 Å². The third kappa shape index (κ3) is 3.56. The molecule has 7 nitrogen and oxygen atoms in total. The minimum absolute atomic E-state index is 0.0173. The van der Waals surface area contributed by atoms with Gasteiger partial charge in [-0.2, -0.15) is 5.10 Å². The second-order valence-electron chi connectivity index (χ2n) is 7.68. The Kier molecular flexibility index (Phi) is 5.73. The Morgan fingerprint density at radius 1 is 1.36 bits per heavy atom. The molecular weight excluding hydrogens is 354 g/mol. The summed E-state index contributed by atoms with van der Waals surface area (Å²) in [5.74, 6) is 0.0654. The molecule has 28 heavy (non-hydrogen) atoms. The topological polar surface area (TPSA) is 81.1 Å². The lowest BCUT2D eigenvalue weighted by atomic mass is 9.72. The van der Waals surface area contributed by atoms with Gasteiger partial charge in [-0.05, 0) is 50.4 Å². The summed E-state index contributed by atoms with van der Waals surface area (Å²) in [6.45, 7) is 5.34. The van der Waals surface area contributed by atoms with E-state index in [4.69, 9.17) is 4.74 Å². The van der Waals surface area contributed by atoms with Crippen molar-refractivity contribution in [2.45, 2.75) is 56.7 Å². The minimum Gasteiger partial charge on any atom is -0.375 e. The fourth-order valence-corrected chi connectivity index (χ4v) is 4.87. The maximum Gasteiger partial charge on any atom is 0.220 e. The first kappa shape index (κ1) is 19.1. The fraction of sp³-hybridized carbons (Fsp3) is 0.571. The lowest BCUT2D eigenvalue weighted by molar-refractivity contribution is -0.124. The SMILES string of the molecule is CCO[C@@H]1[C@@H](NC(=O)CCCn2cncn2)c2ccccc2C12CCNCC2. The second-order valence-corrected chi connectivity index (χ2v) is 7.68. The van der Waals surface area contributed by atoms with E-state index in [1.54, 1.807) is 11.0 Å². The molecule has 0 unspecified atom stereocenters. The third-order valence-electron chi connectivity index (χ3n) is 6.10. The van der Waals surface area contributed by atoms with Gasteiger partial charge >= 0.3 is 0 Å². The number of carbonyl (C=O) groups is 1. The van der Waals surface area contributed by atoms with Crippen molar-refractivity contribution in [3.05, 3.63) is 48.0 Å². The Bertz CT molecular complexity index is 786. The summed E-state index contributed by atoms with van der Waals surface area (Å²) in [6.07, 6.45) is 6.44. The predicted octanol–water partition coefficient (Wildman–Crippen LogP) is 1.96. The number of nitrogens with zero attached hydrogens (tertiary/aromatic N) is 3. The number of nitrogens with one attached hydrogen (secondary N) is 2. The highest BCUT2D eigenvalue weighted by molar-refractivity contribution is 5.77. The van der Waals surface area contributed by atoms with Gasteiger partial charge in [0.15, 0.2) is 0 Å². The van der Waals surface area contributed by atoms with E-state index in [0.29, 0.717) is 19.6 Å². The molecule has 1 saturated heterocycles. The maximum absolute atomic E-state index is 12.7. The second kappa shape index (κ2) is 8.41. The quantitative estimate of drug-likeness (QED) is 0.764. The van der Waals surface area contributed by atoms with Crippen LogP contribution < -0.4 is 10.6 Å². The molecule has 2 aromatic rings. The van der Waals surface area contributed by atoms with Crippen molar-refractivity contribution < 1.29 is 9.53 Å². The van der Waals surface area contributed by atoms with E-state index >= 15 is 0 Å². The Labute approximate surface area is 165 Å². The van der Waals surface area contributed by atoms with Gasteiger partial charge in [-0.3, -0.25) is 9.48 Å². The molecule has 0 bridgehead atoms. The Balaban J connectivity index is 1.50. The summed E-state index contributed by atoms with van der Waals surface area (Å²) in [7, 11) is 0. The van der Waals surface area contributed by atoms with Crippen molar-refractivity contribution in [1.29, 1.82) is 0 Å².